The molecule has 0 aromatic heterocycles. The molecule has 0 heterocycles. The van der Waals surface area contributed by atoms with E-state index in [-0.39, 0.29) is 17.4 Å². The molecule has 1 aromatic carbocycles. The lowest BCUT2D eigenvalue weighted by atomic mass is 10.0. The van der Waals surface area contributed by atoms with Gasteiger partial charge in [-0.25, -0.2) is 4.79 Å². The molecule has 6 heteroatoms. The van der Waals surface area contributed by atoms with Crippen LogP contribution in [0.1, 0.15) is 38.8 Å². The second-order valence-electron chi connectivity index (χ2n) is 4.61. The predicted octanol–water partition coefficient (Wildman–Crippen LogP) is 2.18. The van der Waals surface area contributed by atoms with E-state index >= 15 is 0 Å². The lowest BCUT2D eigenvalue weighted by molar-refractivity contribution is -0.149. The standard InChI is InChI=1S/C15H21NO5/c1-4-8-16(10(3)17)14(15(19)20)11-6-7-12(18)13(9-11)21-5-2/h6-7,9,14,18H,4-5,8H2,1-3H3,(H,19,20). The smallest absolute Gasteiger partial charge is 0.331 e. The Morgan fingerprint density at radius 3 is 2.48 bits per heavy atom. The summed E-state index contributed by atoms with van der Waals surface area (Å²) in [4.78, 5) is 24.6. The fourth-order valence-corrected chi connectivity index (χ4v) is 2.14. The number of ether oxygens (including phenoxy) is 1. The van der Waals surface area contributed by atoms with E-state index in [0.29, 0.717) is 25.1 Å². The van der Waals surface area contributed by atoms with Gasteiger partial charge in [-0.3, -0.25) is 4.79 Å². The number of rotatable bonds is 7. The number of carbonyl (C=O) groups is 2. The minimum atomic E-state index is -1.12. The average Bonchev–Trinajstić information content (AvgIpc) is 2.41. The number of amides is 1. The summed E-state index contributed by atoms with van der Waals surface area (Å²) in [6.07, 6.45) is 0.653. The monoisotopic (exact) mass is 295 g/mol. The van der Waals surface area contributed by atoms with Gasteiger partial charge in [0.15, 0.2) is 17.5 Å². The average molecular weight is 295 g/mol. The molecule has 0 saturated heterocycles. The zero-order valence-electron chi connectivity index (χ0n) is 12.5. The molecule has 0 radical (unpaired) electrons. The SMILES string of the molecule is CCCN(C(C)=O)C(C(=O)O)c1ccc(O)c(OCC)c1. The van der Waals surface area contributed by atoms with Crippen LogP contribution >= 0.6 is 0 Å². The molecule has 1 unspecified atom stereocenters. The zero-order chi connectivity index (χ0) is 16.0. The van der Waals surface area contributed by atoms with Gasteiger partial charge in [-0.2, -0.15) is 0 Å². The summed E-state index contributed by atoms with van der Waals surface area (Å²) >= 11 is 0. The quantitative estimate of drug-likeness (QED) is 0.805. The van der Waals surface area contributed by atoms with Crippen LogP contribution in [0.15, 0.2) is 18.2 Å². The highest BCUT2D eigenvalue weighted by atomic mass is 16.5. The maximum atomic E-state index is 11.7. The Morgan fingerprint density at radius 1 is 1.33 bits per heavy atom. The van der Waals surface area contributed by atoms with Crippen LogP contribution in [0.25, 0.3) is 0 Å². The second kappa shape index (κ2) is 7.52. The van der Waals surface area contributed by atoms with Crippen LogP contribution in [0.5, 0.6) is 11.5 Å². The van der Waals surface area contributed by atoms with Crippen molar-refractivity contribution in [3.63, 3.8) is 0 Å². The first-order valence-corrected chi connectivity index (χ1v) is 6.88. The summed E-state index contributed by atoms with van der Waals surface area (Å²) in [5.74, 6) is -1.28. The van der Waals surface area contributed by atoms with Gasteiger partial charge in [-0.05, 0) is 31.0 Å². The third-order valence-electron chi connectivity index (χ3n) is 3.01. The highest BCUT2D eigenvalue weighted by molar-refractivity contribution is 5.83. The molecule has 1 rings (SSSR count). The van der Waals surface area contributed by atoms with Crippen LogP contribution in [0.4, 0.5) is 0 Å². The van der Waals surface area contributed by atoms with Crippen molar-refractivity contribution in [2.45, 2.75) is 33.2 Å². The minimum Gasteiger partial charge on any atom is -0.504 e. The molecule has 1 amide bonds. The van der Waals surface area contributed by atoms with E-state index in [1.807, 2.05) is 6.92 Å². The Hall–Kier alpha value is -2.24. The van der Waals surface area contributed by atoms with Gasteiger partial charge in [0.1, 0.15) is 0 Å². The van der Waals surface area contributed by atoms with E-state index in [1.165, 1.54) is 30.0 Å². The molecule has 116 valence electrons. The number of phenolic OH excluding ortho intramolecular Hbond substituents is 1. The van der Waals surface area contributed by atoms with Gasteiger partial charge < -0.3 is 19.8 Å². The summed E-state index contributed by atoms with van der Waals surface area (Å²) in [5, 5.41) is 19.2. The summed E-state index contributed by atoms with van der Waals surface area (Å²) < 4.78 is 5.26. The number of nitrogens with zero attached hydrogens (tertiary/aromatic N) is 1. The third kappa shape index (κ3) is 4.11. The van der Waals surface area contributed by atoms with Crippen LogP contribution in [-0.4, -0.2) is 40.1 Å². The molecular weight excluding hydrogens is 274 g/mol. The molecular formula is C15H21NO5. The van der Waals surface area contributed by atoms with Crippen LogP contribution < -0.4 is 4.74 Å². The van der Waals surface area contributed by atoms with Gasteiger partial charge in [0.25, 0.3) is 0 Å². The first-order valence-electron chi connectivity index (χ1n) is 6.88. The van der Waals surface area contributed by atoms with E-state index in [0.717, 1.165) is 0 Å². The van der Waals surface area contributed by atoms with Gasteiger partial charge in [-0.15, -0.1) is 0 Å². The predicted molar refractivity (Wildman–Crippen MR) is 77.3 cm³/mol. The molecule has 2 N–H and O–H groups in total. The van der Waals surface area contributed by atoms with Crippen LogP contribution in [0.2, 0.25) is 0 Å². The van der Waals surface area contributed by atoms with Crippen molar-refractivity contribution >= 4 is 11.9 Å². The number of aromatic hydroxyl groups is 1. The molecule has 0 aliphatic carbocycles. The maximum Gasteiger partial charge on any atom is 0.331 e. The Kier molecular flexibility index (Phi) is 6.02. The van der Waals surface area contributed by atoms with E-state index in [1.54, 1.807) is 6.92 Å². The number of aliphatic carboxylic acids is 1. The fourth-order valence-electron chi connectivity index (χ4n) is 2.14. The summed E-state index contributed by atoms with van der Waals surface area (Å²) in [5.41, 5.74) is 0.396. The van der Waals surface area contributed by atoms with Gasteiger partial charge in [-0.1, -0.05) is 13.0 Å². The Balaban J connectivity index is 3.24. The van der Waals surface area contributed by atoms with Crippen molar-refractivity contribution in [2.24, 2.45) is 0 Å². The molecule has 0 aliphatic heterocycles. The van der Waals surface area contributed by atoms with Crippen molar-refractivity contribution in [3.8, 4) is 11.5 Å². The Bertz CT molecular complexity index is 515. The van der Waals surface area contributed by atoms with E-state index in [4.69, 9.17) is 4.74 Å². The highest BCUT2D eigenvalue weighted by Gasteiger charge is 2.29. The molecule has 1 atom stereocenters. The van der Waals surface area contributed by atoms with Crippen LogP contribution in [0, 0.1) is 0 Å². The highest BCUT2D eigenvalue weighted by Crippen LogP contribution is 2.31. The second-order valence-corrected chi connectivity index (χ2v) is 4.61. The van der Waals surface area contributed by atoms with Crippen molar-refractivity contribution < 1.29 is 24.5 Å². The van der Waals surface area contributed by atoms with E-state index in [9.17, 15) is 19.8 Å². The zero-order valence-corrected chi connectivity index (χ0v) is 12.5. The van der Waals surface area contributed by atoms with Crippen LogP contribution in [-0.2, 0) is 9.59 Å². The fraction of sp³-hybridized carbons (Fsp3) is 0.467. The number of benzene rings is 1. The first kappa shape index (κ1) is 16.8. The number of carboxylic acids is 1. The Labute approximate surface area is 124 Å². The maximum absolute atomic E-state index is 11.7. The molecule has 21 heavy (non-hydrogen) atoms. The first-order chi connectivity index (χ1) is 9.92. The minimum absolute atomic E-state index is 0.0606. The normalized spacial score (nSPS) is 11.8. The van der Waals surface area contributed by atoms with Crippen LogP contribution in [0.3, 0.4) is 0 Å². The van der Waals surface area contributed by atoms with Crippen molar-refractivity contribution in [1.29, 1.82) is 0 Å². The van der Waals surface area contributed by atoms with E-state index < -0.39 is 12.0 Å². The van der Waals surface area contributed by atoms with Crippen molar-refractivity contribution in [1.82, 2.24) is 4.90 Å². The summed E-state index contributed by atoms with van der Waals surface area (Å²) in [6, 6.07) is 3.23. The van der Waals surface area contributed by atoms with Gasteiger partial charge in [0.05, 0.1) is 6.61 Å². The summed E-state index contributed by atoms with van der Waals surface area (Å²) in [6.45, 7) is 5.67. The molecule has 0 spiro atoms. The number of carboxylic acid groups (broad SMARTS) is 1. The Morgan fingerprint density at radius 2 is 2.00 bits per heavy atom. The van der Waals surface area contributed by atoms with Crippen molar-refractivity contribution in [2.75, 3.05) is 13.2 Å². The number of hydrogen-bond acceptors (Lipinski definition) is 4. The molecule has 0 aliphatic rings. The molecule has 6 nitrogen and oxygen atoms in total. The van der Waals surface area contributed by atoms with Gasteiger partial charge in [0.2, 0.25) is 5.91 Å². The topological polar surface area (TPSA) is 87.1 Å². The van der Waals surface area contributed by atoms with E-state index in [2.05, 4.69) is 0 Å². The third-order valence-corrected chi connectivity index (χ3v) is 3.01. The molecule has 0 bridgehead atoms. The molecule has 0 saturated carbocycles. The molecule has 1 aromatic rings. The van der Waals surface area contributed by atoms with Gasteiger partial charge in [0, 0.05) is 13.5 Å². The number of phenols is 1. The molecule has 0 fully saturated rings. The van der Waals surface area contributed by atoms with Crippen molar-refractivity contribution in [3.05, 3.63) is 23.8 Å². The van der Waals surface area contributed by atoms with Gasteiger partial charge >= 0.3 is 5.97 Å². The lowest BCUT2D eigenvalue weighted by Crippen LogP contribution is -2.38. The number of hydrogen-bond donors (Lipinski definition) is 2. The number of carbonyl (C=O) groups excluding carboxylic acids is 1. The summed E-state index contributed by atoms with van der Waals surface area (Å²) in [7, 11) is 0. The largest absolute Gasteiger partial charge is 0.504 e. The lowest BCUT2D eigenvalue weighted by Gasteiger charge is -2.28.